The van der Waals surface area contributed by atoms with Gasteiger partial charge in [0.25, 0.3) is 5.91 Å². The van der Waals surface area contributed by atoms with Crippen molar-refractivity contribution < 1.29 is 18.0 Å². The van der Waals surface area contributed by atoms with Crippen LogP contribution in [0.1, 0.15) is 37.0 Å². The van der Waals surface area contributed by atoms with Crippen LogP contribution in [-0.4, -0.2) is 18.5 Å². The van der Waals surface area contributed by atoms with Gasteiger partial charge in [0.15, 0.2) is 17.5 Å². The van der Waals surface area contributed by atoms with E-state index in [1.54, 1.807) is 0 Å². The third kappa shape index (κ3) is 3.72. The Bertz CT molecular complexity index is 476. The summed E-state index contributed by atoms with van der Waals surface area (Å²) >= 11 is 0. The number of hydrogen-bond acceptors (Lipinski definition) is 2. The summed E-state index contributed by atoms with van der Waals surface area (Å²) in [4.78, 5) is 11.7. The predicted octanol–water partition coefficient (Wildman–Crippen LogP) is 2.60. The Morgan fingerprint density at radius 3 is 2.35 bits per heavy atom. The molecular weight excluding hydrogens is 269 g/mol. The lowest BCUT2D eigenvalue weighted by atomic mass is 9.95. The maximum Gasteiger partial charge on any atom is 0.254 e. The number of nitrogens with one attached hydrogen (secondary N) is 1. The number of amides is 1. The molecule has 1 aromatic carbocycles. The molecule has 1 aromatic rings. The van der Waals surface area contributed by atoms with E-state index in [0.717, 1.165) is 18.9 Å². The lowest BCUT2D eigenvalue weighted by Crippen LogP contribution is -2.42. The third-order valence-electron chi connectivity index (χ3n) is 3.43. The fourth-order valence-electron chi connectivity index (χ4n) is 2.07. The second kappa shape index (κ2) is 7.28. The minimum Gasteiger partial charge on any atom is -0.350 e. The molecule has 0 fully saturated rings. The van der Waals surface area contributed by atoms with Crippen molar-refractivity contribution >= 4 is 5.91 Å². The van der Waals surface area contributed by atoms with Gasteiger partial charge in [-0.2, -0.15) is 0 Å². The molecule has 1 atom stereocenters. The zero-order chi connectivity index (χ0) is 15.3. The Hall–Kier alpha value is -1.56. The zero-order valence-corrected chi connectivity index (χ0v) is 11.6. The van der Waals surface area contributed by atoms with Gasteiger partial charge in [-0.05, 0) is 18.1 Å². The maximum atomic E-state index is 13.4. The third-order valence-corrected chi connectivity index (χ3v) is 3.43. The first-order valence-corrected chi connectivity index (χ1v) is 6.59. The van der Waals surface area contributed by atoms with Gasteiger partial charge in [0, 0.05) is 12.6 Å². The maximum absolute atomic E-state index is 13.4. The number of hydrogen-bond donors (Lipinski definition) is 2. The quantitative estimate of drug-likeness (QED) is 0.791. The highest BCUT2D eigenvalue weighted by molar-refractivity contribution is 5.94. The first kappa shape index (κ1) is 16.5. The Balaban J connectivity index is 2.71. The van der Waals surface area contributed by atoms with E-state index in [9.17, 15) is 18.0 Å². The summed E-state index contributed by atoms with van der Waals surface area (Å²) in [6.45, 7) is 4.14. The van der Waals surface area contributed by atoms with Crippen molar-refractivity contribution in [3.63, 3.8) is 0 Å². The van der Waals surface area contributed by atoms with E-state index in [0.29, 0.717) is 6.07 Å². The molecule has 0 aliphatic heterocycles. The van der Waals surface area contributed by atoms with Crippen molar-refractivity contribution in [3.8, 4) is 0 Å². The molecule has 3 N–H and O–H groups in total. The van der Waals surface area contributed by atoms with Crippen LogP contribution in [0.3, 0.4) is 0 Å². The smallest absolute Gasteiger partial charge is 0.254 e. The molecule has 1 amide bonds. The Morgan fingerprint density at radius 2 is 1.80 bits per heavy atom. The van der Waals surface area contributed by atoms with Crippen LogP contribution in [0.15, 0.2) is 12.1 Å². The number of benzene rings is 1. The van der Waals surface area contributed by atoms with Gasteiger partial charge in [-0.25, -0.2) is 13.2 Å². The molecule has 0 spiro atoms. The molecule has 0 aliphatic carbocycles. The summed E-state index contributed by atoms with van der Waals surface area (Å²) in [5.74, 6) is -5.03. The van der Waals surface area contributed by atoms with Crippen LogP contribution in [0, 0.1) is 23.4 Å². The van der Waals surface area contributed by atoms with Gasteiger partial charge >= 0.3 is 0 Å². The molecule has 0 bridgehead atoms. The van der Waals surface area contributed by atoms with E-state index in [4.69, 9.17) is 5.73 Å². The molecule has 0 radical (unpaired) electrons. The Labute approximate surface area is 116 Å². The Morgan fingerprint density at radius 1 is 1.20 bits per heavy atom. The molecule has 1 unspecified atom stereocenters. The van der Waals surface area contributed by atoms with Crippen LogP contribution in [0.5, 0.6) is 0 Å². The predicted molar refractivity (Wildman–Crippen MR) is 70.7 cm³/mol. The normalized spacial score (nSPS) is 12.6. The molecule has 1 rings (SSSR count). The highest BCUT2D eigenvalue weighted by atomic mass is 19.2. The number of nitrogens with two attached hydrogens (primary N) is 1. The highest BCUT2D eigenvalue weighted by Gasteiger charge is 2.20. The summed E-state index contributed by atoms with van der Waals surface area (Å²) in [7, 11) is 0. The average Bonchev–Trinajstić information content (AvgIpc) is 2.43. The highest BCUT2D eigenvalue weighted by Crippen LogP contribution is 2.15. The van der Waals surface area contributed by atoms with Crippen molar-refractivity contribution in [1.29, 1.82) is 0 Å². The molecule has 0 heterocycles. The summed E-state index contributed by atoms with van der Waals surface area (Å²) in [6, 6.07) is 1.36. The lowest BCUT2D eigenvalue weighted by Gasteiger charge is -2.21. The van der Waals surface area contributed by atoms with Gasteiger partial charge in [0.1, 0.15) is 0 Å². The van der Waals surface area contributed by atoms with E-state index in [2.05, 4.69) is 5.32 Å². The van der Waals surface area contributed by atoms with Gasteiger partial charge in [0.05, 0.1) is 5.56 Å². The van der Waals surface area contributed by atoms with E-state index in [1.165, 1.54) is 0 Å². The topological polar surface area (TPSA) is 55.1 Å². The second-order valence-corrected chi connectivity index (χ2v) is 4.67. The average molecular weight is 288 g/mol. The summed E-state index contributed by atoms with van der Waals surface area (Å²) in [5.41, 5.74) is 5.39. The van der Waals surface area contributed by atoms with Crippen molar-refractivity contribution in [3.05, 3.63) is 35.1 Å². The van der Waals surface area contributed by atoms with Crippen molar-refractivity contribution in [1.82, 2.24) is 5.32 Å². The van der Waals surface area contributed by atoms with Crippen LogP contribution in [-0.2, 0) is 0 Å². The fourth-order valence-corrected chi connectivity index (χ4v) is 2.07. The SMILES string of the molecule is CCC(CC)C(N)CNC(=O)c1ccc(F)c(F)c1F. The van der Waals surface area contributed by atoms with E-state index in [1.807, 2.05) is 13.8 Å². The van der Waals surface area contributed by atoms with Crippen LogP contribution in [0.4, 0.5) is 13.2 Å². The van der Waals surface area contributed by atoms with Crippen LogP contribution >= 0.6 is 0 Å². The van der Waals surface area contributed by atoms with Crippen molar-refractivity contribution in [2.75, 3.05) is 6.54 Å². The Kier molecular flexibility index (Phi) is 6.01. The monoisotopic (exact) mass is 288 g/mol. The van der Waals surface area contributed by atoms with Crippen LogP contribution in [0.2, 0.25) is 0 Å². The minimum absolute atomic E-state index is 0.156. The van der Waals surface area contributed by atoms with Crippen LogP contribution in [0.25, 0.3) is 0 Å². The molecule has 0 saturated heterocycles. The first-order valence-electron chi connectivity index (χ1n) is 6.59. The molecule has 112 valence electrons. The van der Waals surface area contributed by atoms with Gasteiger partial charge in [-0.1, -0.05) is 26.7 Å². The molecule has 0 aliphatic rings. The molecule has 6 heteroatoms. The summed E-state index contributed by atoms with van der Waals surface area (Å²) in [5, 5.41) is 2.44. The largest absolute Gasteiger partial charge is 0.350 e. The fraction of sp³-hybridized carbons (Fsp3) is 0.500. The van der Waals surface area contributed by atoms with E-state index < -0.39 is 28.9 Å². The van der Waals surface area contributed by atoms with Crippen LogP contribution < -0.4 is 11.1 Å². The van der Waals surface area contributed by atoms with E-state index >= 15 is 0 Å². The van der Waals surface area contributed by atoms with Gasteiger partial charge in [-0.3, -0.25) is 4.79 Å². The number of halogens is 3. The molecule has 0 aromatic heterocycles. The summed E-state index contributed by atoms with van der Waals surface area (Å²) in [6.07, 6.45) is 1.74. The zero-order valence-electron chi connectivity index (χ0n) is 11.6. The van der Waals surface area contributed by atoms with E-state index in [-0.39, 0.29) is 18.5 Å². The minimum atomic E-state index is -1.65. The van der Waals surface area contributed by atoms with Crippen molar-refractivity contribution in [2.24, 2.45) is 11.7 Å². The number of carbonyl (C=O) groups excluding carboxylic acids is 1. The number of carbonyl (C=O) groups is 1. The molecule has 3 nitrogen and oxygen atoms in total. The first-order chi connectivity index (χ1) is 9.42. The molecule has 0 saturated carbocycles. The number of rotatable bonds is 6. The second-order valence-electron chi connectivity index (χ2n) is 4.67. The molecule has 20 heavy (non-hydrogen) atoms. The summed E-state index contributed by atoms with van der Waals surface area (Å²) < 4.78 is 39.2. The van der Waals surface area contributed by atoms with Crippen molar-refractivity contribution in [2.45, 2.75) is 32.7 Å². The standard InChI is InChI=1S/C14H19F3N2O/c1-3-8(4-2)11(18)7-19-14(20)9-5-6-10(15)13(17)12(9)16/h5-6,8,11H,3-4,7,18H2,1-2H3,(H,19,20). The molecular formula is C14H19F3N2O. The van der Waals surface area contributed by atoms with Gasteiger partial charge < -0.3 is 11.1 Å². The van der Waals surface area contributed by atoms with Gasteiger partial charge in [-0.15, -0.1) is 0 Å². The lowest BCUT2D eigenvalue weighted by molar-refractivity contribution is 0.0942. The van der Waals surface area contributed by atoms with Gasteiger partial charge in [0.2, 0.25) is 0 Å².